The Kier molecular flexibility index (Phi) is 5.06. The van der Waals surface area contributed by atoms with E-state index in [0.717, 1.165) is 28.2 Å². The summed E-state index contributed by atoms with van der Waals surface area (Å²) in [5.74, 6) is -1.37. The van der Waals surface area contributed by atoms with Gasteiger partial charge in [-0.1, -0.05) is 27.7 Å². The molecule has 0 atom stereocenters. The highest BCUT2D eigenvalue weighted by Crippen LogP contribution is 2.32. The monoisotopic (exact) mass is 310 g/mol. The minimum atomic E-state index is -0.837. The molecule has 0 unspecified atom stereocenters. The predicted molar refractivity (Wildman–Crippen MR) is 83.5 cm³/mol. The van der Waals surface area contributed by atoms with E-state index in [9.17, 15) is 8.78 Å². The highest BCUT2D eigenvalue weighted by molar-refractivity contribution is 7.15. The maximum Gasteiger partial charge on any atom is 0.159 e. The van der Waals surface area contributed by atoms with Crippen molar-refractivity contribution in [2.45, 2.75) is 46.2 Å². The van der Waals surface area contributed by atoms with E-state index in [4.69, 9.17) is 0 Å². The van der Waals surface area contributed by atoms with Crippen LogP contribution in [-0.2, 0) is 6.54 Å². The molecule has 0 bridgehead atoms. The molecule has 1 heterocycles. The zero-order valence-electron chi connectivity index (χ0n) is 12.7. The largest absolute Gasteiger partial charge is 0.310 e. The third-order valence-corrected chi connectivity index (χ3v) is 4.23. The van der Waals surface area contributed by atoms with Crippen LogP contribution in [0, 0.1) is 11.6 Å². The van der Waals surface area contributed by atoms with Crippen molar-refractivity contribution in [3.63, 3.8) is 0 Å². The molecule has 0 aliphatic heterocycles. The van der Waals surface area contributed by atoms with E-state index in [1.54, 1.807) is 6.07 Å². The van der Waals surface area contributed by atoms with E-state index in [1.165, 1.54) is 17.4 Å². The van der Waals surface area contributed by atoms with E-state index >= 15 is 0 Å². The van der Waals surface area contributed by atoms with Gasteiger partial charge in [0.25, 0.3) is 0 Å². The lowest BCUT2D eigenvalue weighted by Crippen LogP contribution is -2.22. The molecule has 0 aliphatic carbocycles. The van der Waals surface area contributed by atoms with E-state index in [2.05, 4.69) is 38.0 Å². The van der Waals surface area contributed by atoms with E-state index in [1.807, 2.05) is 0 Å². The van der Waals surface area contributed by atoms with Crippen molar-refractivity contribution in [3.05, 3.63) is 40.4 Å². The Hall–Kier alpha value is -1.33. The first-order valence-corrected chi connectivity index (χ1v) is 7.88. The quantitative estimate of drug-likeness (QED) is 0.865. The average Bonchev–Trinajstić information content (AvgIpc) is 2.84. The van der Waals surface area contributed by atoms with Gasteiger partial charge in [-0.05, 0) is 24.1 Å². The van der Waals surface area contributed by atoms with Gasteiger partial charge in [-0.25, -0.2) is 13.8 Å². The molecule has 0 radical (unpaired) electrons. The topological polar surface area (TPSA) is 24.9 Å². The fourth-order valence-electron chi connectivity index (χ4n) is 1.99. The molecule has 0 amide bonds. The fraction of sp³-hybridized carbons (Fsp3) is 0.438. The van der Waals surface area contributed by atoms with Crippen LogP contribution in [0.15, 0.2) is 18.2 Å². The second kappa shape index (κ2) is 6.62. The molecule has 0 saturated heterocycles. The van der Waals surface area contributed by atoms with Crippen molar-refractivity contribution in [2.24, 2.45) is 0 Å². The summed E-state index contributed by atoms with van der Waals surface area (Å²) in [6.07, 6.45) is 0. The Morgan fingerprint density at radius 2 is 1.86 bits per heavy atom. The standard InChI is InChI=1S/C16H20F2N2S/c1-9(2)15-14(8-19-10(3)4)21-16(20-15)11-5-6-12(17)13(18)7-11/h5-7,9-10,19H,8H2,1-4H3. The number of halogens is 2. The molecular weight excluding hydrogens is 290 g/mol. The van der Waals surface area contributed by atoms with Gasteiger partial charge in [0.1, 0.15) is 5.01 Å². The second-order valence-electron chi connectivity index (χ2n) is 5.65. The first kappa shape index (κ1) is 16.0. The van der Waals surface area contributed by atoms with Gasteiger partial charge in [0.15, 0.2) is 11.6 Å². The van der Waals surface area contributed by atoms with Crippen LogP contribution >= 0.6 is 11.3 Å². The van der Waals surface area contributed by atoms with Crippen LogP contribution in [0.2, 0.25) is 0 Å². The van der Waals surface area contributed by atoms with Crippen LogP contribution in [0.25, 0.3) is 10.6 Å². The first-order valence-electron chi connectivity index (χ1n) is 7.07. The van der Waals surface area contributed by atoms with Crippen molar-refractivity contribution in [1.29, 1.82) is 0 Å². The minimum absolute atomic E-state index is 0.296. The Morgan fingerprint density at radius 3 is 2.43 bits per heavy atom. The molecule has 1 aromatic carbocycles. The molecule has 114 valence electrons. The Balaban J connectivity index is 2.36. The van der Waals surface area contributed by atoms with Gasteiger partial charge in [-0.2, -0.15) is 0 Å². The van der Waals surface area contributed by atoms with Gasteiger partial charge in [0, 0.05) is 23.0 Å². The fourth-order valence-corrected chi connectivity index (χ4v) is 3.15. The normalized spacial score (nSPS) is 11.6. The van der Waals surface area contributed by atoms with Gasteiger partial charge in [0.05, 0.1) is 5.69 Å². The zero-order valence-corrected chi connectivity index (χ0v) is 13.5. The summed E-state index contributed by atoms with van der Waals surface area (Å²) in [6.45, 7) is 9.09. The Labute approximate surface area is 128 Å². The zero-order chi connectivity index (χ0) is 15.6. The van der Waals surface area contributed by atoms with Crippen molar-refractivity contribution in [1.82, 2.24) is 10.3 Å². The molecule has 0 saturated carbocycles. The van der Waals surface area contributed by atoms with Crippen LogP contribution in [0.3, 0.4) is 0 Å². The number of hydrogen-bond acceptors (Lipinski definition) is 3. The summed E-state index contributed by atoms with van der Waals surface area (Å²) < 4.78 is 26.4. The minimum Gasteiger partial charge on any atom is -0.310 e. The maximum atomic E-state index is 13.4. The van der Waals surface area contributed by atoms with Crippen LogP contribution in [0.4, 0.5) is 8.78 Å². The summed E-state index contributed by atoms with van der Waals surface area (Å²) in [4.78, 5) is 5.77. The highest BCUT2D eigenvalue weighted by Gasteiger charge is 2.16. The SMILES string of the molecule is CC(C)NCc1sc(-c2ccc(F)c(F)c2)nc1C(C)C. The van der Waals surface area contributed by atoms with Gasteiger partial charge in [-0.15, -0.1) is 11.3 Å². The van der Waals surface area contributed by atoms with Gasteiger partial charge < -0.3 is 5.32 Å². The lowest BCUT2D eigenvalue weighted by atomic mass is 10.1. The average molecular weight is 310 g/mol. The van der Waals surface area contributed by atoms with E-state index in [0.29, 0.717) is 17.5 Å². The van der Waals surface area contributed by atoms with Gasteiger partial charge in [-0.3, -0.25) is 0 Å². The van der Waals surface area contributed by atoms with E-state index in [-0.39, 0.29) is 0 Å². The van der Waals surface area contributed by atoms with Crippen LogP contribution < -0.4 is 5.32 Å². The molecule has 1 aromatic heterocycles. The molecule has 5 heteroatoms. The first-order chi connectivity index (χ1) is 9.88. The molecule has 2 rings (SSSR count). The number of rotatable bonds is 5. The number of benzene rings is 1. The third-order valence-electron chi connectivity index (χ3n) is 3.11. The second-order valence-corrected chi connectivity index (χ2v) is 6.73. The van der Waals surface area contributed by atoms with Crippen molar-refractivity contribution in [2.75, 3.05) is 0 Å². The van der Waals surface area contributed by atoms with Crippen LogP contribution in [0.1, 0.15) is 44.2 Å². The Morgan fingerprint density at radius 1 is 1.14 bits per heavy atom. The molecule has 0 spiro atoms. The lowest BCUT2D eigenvalue weighted by Gasteiger charge is -2.09. The smallest absolute Gasteiger partial charge is 0.159 e. The third kappa shape index (κ3) is 3.86. The molecule has 21 heavy (non-hydrogen) atoms. The molecule has 2 nitrogen and oxygen atoms in total. The van der Waals surface area contributed by atoms with E-state index < -0.39 is 11.6 Å². The summed E-state index contributed by atoms with van der Waals surface area (Å²) >= 11 is 1.53. The summed E-state index contributed by atoms with van der Waals surface area (Å²) in [7, 11) is 0. The molecule has 2 aromatic rings. The van der Waals surface area contributed by atoms with Crippen molar-refractivity contribution < 1.29 is 8.78 Å². The summed E-state index contributed by atoms with van der Waals surface area (Å²) in [5.41, 5.74) is 1.64. The number of thiazole rings is 1. The highest BCUT2D eigenvalue weighted by atomic mass is 32.1. The maximum absolute atomic E-state index is 13.4. The summed E-state index contributed by atoms with van der Waals surface area (Å²) in [5, 5.41) is 4.11. The number of nitrogens with one attached hydrogen (secondary N) is 1. The predicted octanol–water partition coefficient (Wildman–Crippen LogP) is 4.71. The molecule has 0 fully saturated rings. The number of aromatic nitrogens is 1. The van der Waals surface area contributed by atoms with Gasteiger partial charge in [0.2, 0.25) is 0 Å². The lowest BCUT2D eigenvalue weighted by molar-refractivity contribution is 0.509. The van der Waals surface area contributed by atoms with Crippen LogP contribution in [-0.4, -0.2) is 11.0 Å². The Bertz CT molecular complexity index is 621. The van der Waals surface area contributed by atoms with Crippen molar-refractivity contribution >= 4 is 11.3 Å². The van der Waals surface area contributed by atoms with Crippen LogP contribution in [0.5, 0.6) is 0 Å². The molecule has 1 N–H and O–H groups in total. The number of nitrogens with zero attached hydrogens (tertiary/aromatic N) is 1. The van der Waals surface area contributed by atoms with Gasteiger partial charge >= 0.3 is 0 Å². The number of hydrogen-bond donors (Lipinski definition) is 1. The van der Waals surface area contributed by atoms with Crippen molar-refractivity contribution in [3.8, 4) is 10.6 Å². The molecule has 0 aliphatic rings. The summed E-state index contributed by atoms with van der Waals surface area (Å²) in [6, 6.07) is 4.31. The molecular formula is C16H20F2N2S.